The third-order valence-electron chi connectivity index (χ3n) is 7.22. The molecule has 1 aliphatic rings. The second-order valence-corrected chi connectivity index (χ2v) is 10.3. The summed E-state index contributed by atoms with van der Waals surface area (Å²) in [6.45, 7) is 1.69. The number of halogens is 2. The first-order valence-electron chi connectivity index (χ1n) is 13.6. The lowest BCUT2D eigenvalue weighted by atomic mass is 10.0. The summed E-state index contributed by atoms with van der Waals surface area (Å²) >= 11 is 0. The second kappa shape index (κ2) is 12.2. The highest BCUT2D eigenvalue weighted by molar-refractivity contribution is 6.05. The molecule has 1 aliphatic heterocycles. The van der Waals surface area contributed by atoms with Crippen LogP contribution >= 0.6 is 0 Å². The summed E-state index contributed by atoms with van der Waals surface area (Å²) in [4.78, 5) is 29.2. The van der Waals surface area contributed by atoms with Crippen molar-refractivity contribution in [2.45, 2.75) is 19.3 Å². The van der Waals surface area contributed by atoms with Crippen molar-refractivity contribution >= 4 is 34.6 Å². The zero-order chi connectivity index (χ0) is 28.9. The molecule has 2 N–H and O–H groups in total. The van der Waals surface area contributed by atoms with E-state index in [1.54, 1.807) is 67.5 Å². The van der Waals surface area contributed by atoms with Gasteiger partial charge in [-0.25, -0.2) is 8.78 Å². The van der Waals surface area contributed by atoms with Crippen LogP contribution < -0.4 is 20.4 Å². The van der Waals surface area contributed by atoms with E-state index in [1.807, 2.05) is 29.2 Å². The lowest BCUT2D eigenvalue weighted by Crippen LogP contribution is -2.30. The summed E-state index contributed by atoms with van der Waals surface area (Å²) < 4.78 is 29.0. The van der Waals surface area contributed by atoms with E-state index in [9.17, 15) is 18.4 Å². The zero-order valence-electron chi connectivity index (χ0n) is 23.1. The Labute approximate surface area is 238 Å². The molecule has 41 heavy (non-hydrogen) atoms. The van der Waals surface area contributed by atoms with Crippen LogP contribution in [0.15, 0.2) is 84.9 Å². The van der Waals surface area contributed by atoms with Crippen LogP contribution in [0.2, 0.25) is 0 Å². The van der Waals surface area contributed by atoms with Gasteiger partial charge >= 0.3 is 0 Å². The van der Waals surface area contributed by atoms with Crippen LogP contribution in [0.5, 0.6) is 0 Å². The molecule has 0 aromatic heterocycles. The molecule has 210 valence electrons. The van der Waals surface area contributed by atoms with Gasteiger partial charge in [-0.2, -0.15) is 0 Å². The van der Waals surface area contributed by atoms with Gasteiger partial charge in [-0.15, -0.1) is 0 Å². The van der Waals surface area contributed by atoms with Crippen molar-refractivity contribution < 1.29 is 18.4 Å². The van der Waals surface area contributed by atoms with E-state index in [4.69, 9.17) is 0 Å². The summed E-state index contributed by atoms with van der Waals surface area (Å²) in [6.07, 6.45) is 3.29. The van der Waals surface area contributed by atoms with Crippen LogP contribution in [-0.4, -0.2) is 39.0 Å². The maximum atomic E-state index is 14.7. The minimum absolute atomic E-state index is 0.330. The maximum absolute atomic E-state index is 14.7. The minimum atomic E-state index is -0.418. The molecule has 0 atom stereocenters. The van der Waals surface area contributed by atoms with E-state index >= 15 is 0 Å². The summed E-state index contributed by atoms with van der Waals surface area (Å²) in [5.41, 5.74) is 4.39. The molecule has 0 radical (unpaired) electrons. The highest BCUT2D eigenvalue weighted by atomic mass is 19.1. The van der Waals surface area contributed by atoms with E-state index < -0.39 is 5.82 Å². The lowest BCUT2D eigenvalue weighted by molar-refractivity contribution is 0.101. The number of hydrogen-bond donors (Lipinski definition) is 2. The van der Waals surface area contributed by atoms with Gasteiger partial charge in [0.15, 0.2) is 0 Å². The summed E-state index contributed by atoms with van der Waals surface area (Å²) in [7, 11) is 3.50. The van der Waals surface area contributed by atoms with E-state index in [2.05, 4.69) is 10.6 Å². The predicted molar refractivity (Wildman–Crippen MR) is 161 cm³/mol. The van der Waals surface area contributed by atoms with Crippen molar-refractivity contribution in [3.05, 3.63) is 108 Å². The smallest absolute Gasteiger partial charge is 0.255 e. The number of benzene rings is 4. The van der Waals surface area contributed by atoms with Gasteiger partial charge in [0, 0.05) is 49.7 Å². The fourth-order valence-corrected chi connectivity index (χ4v) is 4.96. The molecule has 6 nitrogen and oxygen atoms in total. The molecule has 4 aromatic rings. The van der Waals surface area contributed by atoms with Crippen molar-refractivity contribution in [1.82, 2.24) is 0 Å². The molecular formula is C33H32F2N4O2. The third kappa shape index (κ3) is 6.54. The Kier molecular flexibility index (Phi) is 8.29. The van der Waals surface area contributed by atoms with Gasteiger partial charge in [-0.05, 0) is 91.1 Å². The van der Waals surface area contributed by atoms with E-state index in [-0.39, 0.29) is 17.6 Å². The van der Waals surface area contributed by atoms with Crippen LogP contribution in [-0.2, 0) is 0 Å². The molecule has 1 saturated heterocycles. The highest BCUT2D eigenvalue weighted by Crippen LogP contribution is 2.27. The van der Waals surface area contributed by atoms with Crippen molar-refractivity contribution in [3.8, 4) is 11.1 Å². The van der Waals surface area contributed by atoms with Gasteiger partial charge < -0.3 is 20.4 Å². The SMILES string of the molecule is CN(C)c1ccc(NC(=O)c2ccc(-c3ccc(C(=O)Nc4ccc(N5CCCCC5)c(F)c4)cc3)cc2)cc1F. The molecule has 1 fully saturated rings. The Morgan fingerprint density at radius 2 is 1.15 bits per heavy atom. The predicted octanol–water partition coefficient (Wildman–Crippen LogP) is 7.19. The molecule has 2 amide bonds. The molecule has 0 spiro atoms. The summed E-state index contributed by atoms with van der Waals surface area (Å²) in [5.74, 6) is -1.44. The Hall–Kier alpha value is -4.72. The quantitative estimate of drug-likeness (QED) is 0.254. The first-order valence-corrected chi connectivity index (χ1v) is 13.6. The minimum Gasteiger partial charge on any atom is -0.375 e. The van der Waals surface area contributed by atoms with Gasteiger partial charge in [-0.3, -0.25) is 9.59 Å². The van der Waals surface area contributed by atoms with Crippen LogP contribution in [0.3, 0.4) is 0 Å². The van der Waals surface area contributed by atoms with Gasteiger partial charge in [0.05, 0.1) is 11.4 Å². The first-order chi connectivity index (χ1) is 19.8. The average molecular weight is 555 g/mol. The lowest BCUT2D eigenvalue weighted by Gasteiger charge is -2.29. The Morgan fingerprint density at radius 1 is 0.659 bits per heavy atom. The van der Waals surface area contributed by atoms with Crippen LogP contribution in [0.25, 0.3) is 11.1 Å². The van der Waals surface area contributed by atoms with E-state index in [0.29, 0.717) is 33.9 Å². The second-order valence-electron chi connectivity index (χ2n) is 10.3. The van der Waals surface area contributed by atoms with Gasteiger partial charge in [0.25, 0.3) is 11.8 Å². The normalized spacial score (nSPS) is 13.0. The molecule has 0 unspecified atom stereocenters. The molecular weight excluding hydrogens is 522 g/mol. The third-order valence-corrected chi connectivity index (χ3v) is 7.22. The first kappa shape index (κ1) is 27.8. The summed E-state index contributed by atoms with van der Waals surface area (Å²) in [5, 5.41) is 5.49. The number of carbonyl (C=O) groups is 2. The fraction of sp³-hybridized carbons (Fsp3) is 0.212. The summed E-state index contributed by atoms with van der Waals surface area (Å²) in [6, 6.07) is 23.4. The Balaban J connectivity index is 1.20. The molecule has 8 heteroatoms. The number of nitrogens with zero attached hydrogens (tertiary/aromatic N) is 2. The standard InChI is InChI=1S/C33H32F2N4O2/c1-38(2)30-16-14-26(20-28(30)34)36-32(40)24-10-6-22(7-11-24)23-8-12-25(13-9-23)33(41)37-27-15-17-31(29(35)21-27)39-18-4-3-5-19-39/h6-17,20-21H,3-5,18-19H2,1-2H3,(H,36,40)(H,37,41). The number of rotatable bonds is 7. The largest absolute Gasteiger partial charge is 0.375 e. The molecule has 0 saturated carbocycles. The molecule has 0 aliphatic carbocycles. The highest BCUT2D eigenvalue weighted by Gasteiger charge is 2.16. The number of amides is 2. The van der Waals surface area contributed by atoms with Crippen molar-refractivity contribution in [2.24, 2.45) is 0 Å². The topological polar surface area (TPSA) is 64.7 Å². The van der Waals surface area contributed by atoms with Crippen molar-refractivity contribution in [2.75, 3.05) is 47.6 Å². The van der Waals surface area contributed by atoms with Crippen LogP contribution in [0, 0.1) is 11.6 Å². The van der Waals surface area contributed by atoms with Gasteiger partial charge in [0.1, 0.15) is 11.6 Å². The number of piperidine rings is 1. The van der Waals surface area contributed by atoms with E-state index in [1.165, 1.54) is 18.6 Å². The van der Waals surface area contributed by atoms with Crippen LogP contribution in [0.1, 0.15) is 40.0 Å². The van der Waals surface area contributed by atoms with Gasteiger partial charge in [-0.1, -0.05) is 24.3 Å². The van der Waals surface area contributed by atoms with Crippen molar-refractivity contribution in [3.63, 3.8) is 0 Å². The monoisotopic (exact) mass is 554 g/mol. The van der Waals surface area contributed by atoms with E-state index in [0.717, 1.165) is 37.1 Å². The van der Waals surface area contributed by atoms with Crippen LogP contribution in [0.4, 0.5) is 31.5 Å². The number of hydrogen-bond acceptors (Lipinski definition) is 4. The maximum Gasteiger partial charge on any atom is 0.255 e. The zero-order valence-corrected chi connectivity index (χ0v) is 23.1. The Bertz CT molecular complexity index is 1550. The average Bonchev–Trinajstić information content (AvgIpc) is 2.98. The molecule has 5 rings (SSSR count). The van der Waals surface area contributed by atoms with Gasteiger partial charge in [0.2, 0.25) is 0 Å². The van der Waals surface area contributed by atoms with Crippen molar-refractivity contribution in [1.29, 1.82) is 0 Å². The number of anilines is 4. The Morgan fingerprint density at radius 3 is 1.61 bits per heavy atom. The molecule has 4 aromatic carbocycles. The number of nitrogens with one attached hydrogen (secondary N) is 2. The molecule has 0 bridgehead atoms. The number of carbonyl (C=O) groups excluding carboxylic acids is 2. The fourth-order valence-electron chi connectivity index (χ4n) is 4.96. The molecule has 1 heterocycles.